The van der Waals surface area contributed by atoms with Crippen molar-refractivity contribution < 1.29 is 33.6 Å². The first-order chi connectivity index (χ1) is 20.0. The zero-order chi connectivity index (χ0) is 28.9. The summed E-state index contributed by atoms with van der Waals surface area (Å²) in [7, 11) is 0. The molecule has 2 unspecified atom stereocenters. The van der Waals surface area contributed by atoms with Crippen LogP contribution in [0.5, 0.6) is 0 Å². The normalized spacial score (nSPS) is 28.5. The number of ether oxygens (including phenoxy) is 5. The molecule has 0 spiro atoms. The van der Waals surface area contributed by atoms with E-state index in [2.05, 4.69) is 17.5 Å². The lowest BCUT2D eigenvalue weighted by molar-refractivity contribution is -0.204. The van der Waals surface area contributed by atoms with Crippen LogP contribution in [0.15, 0.2) is 36.4 Å². The van der Waals surface area contributed by atoms with Crippen molar-refractivity contribution in [3.8, 4) is 0 Å². The Morgan fingerprint density at radius 1 is 1.05 bits per heavy atom. The maximum Gasteiger partial charge on any atom is 0.303 e. The van der Waals surface area contributed by atoms with Crippen LogP contribution in [0.2, 0.25) is 5.02 Å². The Kier molecular flexibility index (Phi) is 13.6. The van der Waals surface area contributed by atoms with E-state index in [1.54, 1.807) is 0 Å². The van der Waals surface area contributed by atoms with Crippen LogP contribution in [-0.4, -0.2) is 60.9 Å². The highest BCUT2D eigenvalue weighted by atomic mass is 35.5. The zero-order valence-electron chi connectivity index (χ0n) is 23.7. The van der Waals surface area contributed by atoms with Gasteiger partial charge in [-0.15, -0.1) is 0 Å². The van der Waals surface area contributed by atoms with Crippen molar-refractivity contribution in [2.75, 3.05) is 19.8 Å². The number of thiocarbonyl (C=S) groups is 1. The number of unbranched alkanes of at least 4 members (excludes halogenated alkanes) is 1. The van der Waals surface area contributed by atoms with Crippen LogP contribution in [-0.2, 0) is 35.0 Å². The molecule has 3 aliphatic rings. The summed E-state index contributed by atoms with van der Waals surface area (Å²) in [4.78, 5) is 10.9. The van der Waals surface area contributed by atoms with Gasteiger partial charge in [0.25, 0.3) is 5.17 Å². The molecule has 0 amide bonds. The Balaban J connectivity index is 1.42. The summed E-state index contributed by atoms with van der Waals surface area (Å²) in [6, 6.07) is 7.64. The maximum atomic E-state index is 10.9. The summed E-state index contributed by atoms with van der Waals surface area (Å²) in [6.45, 7) is 2.35. The highest BCUT2D eigenvalue weighted by Crippen LogP contribution is 2.41. The Morgan fingerprint density at radius 3 is 2.39 bits per heavy atom. The van der Waals surface area contributed by atoms with Gasteiger partial charge in [0, 0.05) is 43.5 Å². The third kappa shape index (κ3) is 11.1. The number of hydrogen-bond acceptors (Lipinski definition) is 7. The van der Waals surface area contributed by atoms with E-state index in [4.69, 9.17) is 52.6 Å². The van der Waals surface area contributed by atoms with Crippen molar-refractivity contribution in [3.05, 3.63) is 47.0 Å². The lowest BCUT2D eigenvalue weighted by Crippen LogP contribution is -2.35. The largest absolute Gasteiger partial charge is 0.481 e. The van der Waals surface area contributed by atoms with E-state index in [-0.39, 0.29) is 43.0 Å². The molecule has 2 saturated heterocycles. The minimum absolute atomic E-state index is 0.0312. The van der Waals surface area contributed by atoms with Gasteiger partial charge in [-0.3, -0.25) is 4.79 Å². The van der Waals surface area contributed by atoms with Crippen molar-refractivity contribution in [3.63, 3.8) is 0 Å². The molecule has 6 atom stereocenters. The first-order valence-electron chi connectivity index (χ1n) is 15.0. The van der Waals surface area contributed by atoms with Crippen molar-refractivity contribution in [2.45, 2.75) is 102 Å². The molecule has 1 aromatic carbocycles. The molecular weight excluding hydrogens is 566 g/mol. The molecule has 1 saturated carbocycles. The summed E-state index contributed by atoms with van der Waals surface area (Å²) < 4.78 is 31.1. The molecule has 0 bridgehead atoms. The minimum atomic E-state index is -0.766. The van der Waals surface area contributed by atoms with Gasteiger partial charge in [0.2, 0.25) is 0 Å². The zero-order valence-corrected chi connectivity index (χ0v) is 25.3. The predicted octanol–water partition coefficient (Wildman–Crippen LogP) is 6.39. The SMILES string of the molecule is O=C(O)CCC/C=C\C[C@H]1[C@H](COC(=S)NCc2cccc(Cl)c2)[C@@H](OC2CCCCO2)C[C@@H]1OC1CCCCO1. The van der Waals surface area contributed by atoms with Crippen LogP contribution in [0.3, 0.4) is 0 Å². The summed E-state index contributed by atoms with van der Waals surface area (Å²) in [6.07, 6.45) is 12.7. The number of aliphatic carboxylic acids is 1. The Bertz CT molecular complexity index is 983. The summed E-state index contributed by atoms with van der Waals surface area (Å²) >= 11 is 11.6. The van der Waals surface area contributed by atoms with E-state index in [0.717, 1.165) is 70.0 Å². The highest BCUT2D eigenvalue weighted by Gasteiger charge is 2.46. The molecule has 10 heteroatoms. The third-order valence-corrected chi connectivity index (χ3v) is 8.46. The van der Waals surface area contributed by atoms with Gasteiger partial charge in [-0.2, -0.15) is 0 Å². The Labute approximate surface area is 254 Å². The predicted molar refractivity (Wildman–Crippen MR) is 161 cm³/mol. The van der Waals surface area contributed by atoms with Gasteiger partial charge in [-0.05, 0) is 93.6 Å². The molecule has 1 aliphatic carbocycles. The second kappa shape index (κ2) is 17.4. The molecule has 2 N–H and O–H groups in total. The van der Waals surface area contributed by atoms with E-state index in [1.807, 2.05) is 24.3 Å². The van der Waals surface area contributed by atoms with E-state index in [0.29, 0.717) is 36.4 Å². The molecule has 228 valence electrons. The molecule has 3 fully saturated rings. The van der Waals surface area contributed by atoms with Crippen molar-refractivity contribution in [2.24, 2.45) is 11.8 Å². The van der Waals surface area contributed by atoms with Gasteiger partial charge in [0.15, 0.2) is 12.6 Å². The number of benzene rings is 1. The van der Waals surface area contributed by atoms with E-state index >= 15 is 0 Å². The molecule has 4 rings (SSSR count). The number of rotatable bonds is 14. The molecule has 1 aromatic rings. The number of halogens is 1. The topological polar surface area (TPSA) is 95.5 Å². The fraction of sp³-hybridized carbons (Fsp3) is 0.677. The molecule has 0 radical (unpaired) electrons. The second-order valence-electron chi connectivity index (χ2n) is 11.1. The van der Waals surface area contributed by atoms with Gasteiger partial charge in [-0.25, -0.2) is 0 Å². The first-order valence-corrected chi connectivity index (χ1v) is 15.8. The monoisotopic (exact) mass is 609 g/mol. The standard InChI is InChI=1S/C31H44ClNO7S/c32-23-11-9-10-22(18-23)20-33-31(41)38-21-25-24(12-3-1-2-4-13-28(34)35)26(39-29-14-5-7-16-36-29)19-27(25)40-30-15-6-8-17-37-30/h1,3,9-11,18,24-27,29-30H,2,4-8,12-17,19-21H2,(H,33,41)(H,34,35)/b3-1-/t24-,25-,26-,27-,29?,30?/m0/s1. The molecule has 0 aromatic heterocycles. The summed E-state index contributed by atoms with van der Waals surface area (Å²) in [5, 5.41) is 13.1. The molecule has 2 heterocycles. The van der Waals surface area contributed by atoms with Crippen molar-refractivity contribution in [1.29, 1.82) is 0 Å². The second-order valence-corrected chi connectivity index (χ2v) is 11.9. The molecular formula is C31H44ClNO7S. The fourth-order valence-corrected chi connectivity index (χ4v) is 6.17. The average Bonchev–Trinajstić information content (AvgIpc) is 3.28. The van der Waals surface area contributed by atoms with Gasteiger partial charge < -0.3 is 34.1 Å². The average molecular weight is 610 g/mol. The van der Waals surface area contributed by atoms with Crippen LogP contribution in [0.25, 0.3) is 0 Å². The number of hydrogen-bond donors (Lipinski definition) is 2. The van der Waals surface area contributed by atoms with Gasteiger partial charge in [0.1, 0.15) is 0 Å². The number of allylic oxidation sites excluding steroid dienone is 2. The Morgan fingerprint density at radius 2 is 1.76 bits per heavy atom. The third-order valence-electron chi connectivity index (χ3n) is 7.97. The van der Waals surface area contributed by atoms with Crippen molar-refractivity contribution in [1.82, 2.24) is 5.32 Å². The van der Waals surface area contributed by atoms with Crippen LogP contribution in [0, 0.1) is 11.8 Å². The van der Waals surface area contributed by atoms with Crippen LogP contribution in [0.4, 0.5) is 0 Å². The van der Waals surface area contributed by atoms with Crippen LogP contribution in [0.1, 0.15) is 76.2 Å². The summed E-state index contributed by atoms with van der Waals surface area (Å²) in [5.41, 5.74) is 1.02. The lowest BCUT2D eigenvalue weighted by atomic mass is 9.90. The smallest absolute Gasteiger partial charge is 0.303 e. The number of nitrogens with one attached hydrogen (secondary N) is 1. The number of carboxylic acids is 1. The maximum absolute atomic E-state index is 10.9. The van der Waals surface area contributed by atoms with Crippen LogP contribution >= 0.6 is 23.8 Å². The van der Waals surface area contributed by atoms with E-state index in [1.165, 1.54) is 0 Å². The quantitative estimate of drug-likeness (QED) is 0.141. The van der Waals surface area contributed by atoms with E-state index in [9.17, 15) is 4.79 Å². The molecule has 41 heavy (non-hydrogen) atoms. The molecule has 2 aliphatic heterocycles. The minimum Gasteiger partial charge on any atom is -0.481 e. The lowest BCUT2D eigenvalue weighted by Gasteiger charge is -2.31. The van der Waals surface area contributed by atoms with Crippen molar-refractivity contribution >= 4 is 35.0 Å². The first kappa shape index (κ1) is 32.2. The highest BCUT2D eigenvalue weighted by molar-refractivity contribution is 7.80. The number of carbonyl (C=O) groups is 1. The molecule has 8 nitrogen and oxygen atoms in total. The van der Waals surface area contributed by atoms with Gasteiger partial charge in [-0.1, -0.05) is 35.9 Å². The van der Waals surface area contributed by atoms with Crippen LogP contribution < -0.4 is 5.32 Å². The fourth-order valence-electron chi connectivity index (χ4n) is 5.81. The van der Waals surface area contributed by atoms with E-state index < -0.39 is 5.97 Å². The number of carboxylic acid groups (broad SMARTS) is 1. The Hall–Kier alpha value is -1.75. The summed E-state index contributed by atoms with van der Waals surface area (Å²) in [5.74, 6) is -0.610. The van der Waals surface area contributed by atoms with Gasteiger partial charge in [0.05, 0.1) is 18.8 Å². The van der Waals surface area contributed by atoms with Gasteiger partial charge >= 0.3 is 5.97 Å².